The van der Waals surface area contributed by atoms with E-state index in [1.807, 2.05) is 0 Å². The monoisotopic (exact) mass is 432 g/mol. The van der Waals surface area contributed by atoms with Crippen molar-refractivity contribution < 1.29 is 27.9 Å². The van der Waals surface area contributed by atoms with Gasteiger partial charge in [-0.3, -0.25) is 14.4 Å². The van der Waals surface area contributed by atoms with Gasteiger partial charge in [0.25, 0.3) is 5.91 Å². The molecule has 26 heavy (non-hydrogen) atoms. The van der Waals surface area contributed by atoms with Gasteiger partial charge in [0.05, 0.1) is 4.47 Å². The van der Waals surface area contributed by atoms with Crippen molar-refractivity contribution in [3.63, 3.8) is 0 Å². The van der Waals surface area contributed by atoms with Crippen molar-refractivity contribution in [1.82, 2.24) is 4.90 Å². The maximum Gasteiger partial charge on any atom is 0.306 e. The van der Waals surface area contributed by atoms with Gasteiger partial charge in [0, 0.05) is 24.1 Å². The first-order valence-electron chi connectivity index (χ1n) is 7.91. The second kappa shape index (κ2) is 7.30. The van der Waals surface area contributed by atoms with E-state index in [1.54, 1.807) is 20.8 Å². The number of carbonyl (C=O) groups excluding carboxylic acids is 3. The Balaban J connectivity index is 2.19. The van der Waals surface area contributed by atoms with Crippen LogP contribution < -0.4 is 5.73 Å². The van der Waals surface area contributed by atoms with E-state index >= 15 is 0 Å². The van der Waals surface area contributed by atoms with E-state index < -0.39 is 41.1 Å². The summed E-state index contributed by atoms with van der Waals surface area (Å²) in [4.78, 5) is 37.3. The molecular weight excluding hydrogens is 414 g/mol. The first-order valence-corrected chi connectivity index (χ1v) is 8.70. The second-order valence-electron chi connectivity index (χ2n) is 6.99. The molecule has 2 amide bonds. The van der Waals surface area contributed by atoms with Gasteiger partial charge in [0.1, 0.15) is 11.6 Å². The van der Waals surface area contributed by atoms with Gasteiger partial charge in [-0.2, -0.15) is 0 Å². The Morgan fingerprint density at radius 2 is 2.00 bits per heavy atom. The number of hydrogen-bond acceptors (Lipinski definition) is 4. The van der Waals surface area contributed by atoms with Crippen molar-refractivity contribution in [2.45, 2.75) is 51.8 Å². The zero-order valence-electron chi connectivity index (χ0n) is 14.6. The molecule has 0 saturated carbocycles. The number of rotatable bonds is 5. The molecule has 9 heteroatoms. The van der Waals surface area contributed by atoms with Crippen LogP contribution in [0.15, 0.2) is 10.5 Å². The number of nitrogens with two attached hydrogens (primary N) is 1. The highest BCUT2D eigenvalue weighted by Crippen LogP contribution is 2.34. The normalized spacial score (nSPS) is 15.0. The average molecular weight is 433 g/mol. The van der Waals surface area contributed by atoms with Crippen LogP contribution in [0, 0.1) is 11.6 Å². The second-order valence-corrected chi connectivity index (χ2v) is 7.78. The smallest absolute Gasteiger partial charge is 0.306 e. The third-order valence-corrected chi connectivity index (χ3v) is 4.66. The minimum Gasteiger partial charge on any atom is -0.460 e. The molecule has 0 bridgehead atoms. The molecule has 0 aromatic heterocycles. The largest absolute Gasteiger partial charge is 0.460 e. The van der Waals surface area contributed by atoms with Crippen LogP contribution in [0.2, 0.25) is 0 Å². The van der Waals surface area contributed by atoms with Crippen LogP contribution in [0.1, 0.15) is 49.5 Å². The molecule has 1 aliphatic heterocycles. The predicted molar refractivity (Wildman–Crippen MR) is 92.0 cm³/mol. The van der Waals surface area contributed by atoms with Gasteiger partial charge in [-0.05, 0) is 49.2 Å². The van der Waals surface area contributed by atoms with Crippen molar-refractivity contribution >= 4 is 33.7 Å². The van der Waals surface area contributed by atoms with E-state index in [9.17, 15) is 23.2 Å². The Labute approximate surface area is 157 Å². The number of halogens is 3. The molecule has 1 heterocycles. The van der Waals surface area contributed by atoms with Crippen molar-refractivity contribution in [1.29, 1.82) is 0 Å². The standard InChI is InChI=1S/C17H19BrF2N2O4/c1-17(2,3)26-12(23)5-4-11(15(21)24)22-7-9-8(16(22)25)6-10(19)14(20)13(9)18/h6,11H,4-5,7H2,1-3H3,(H2,21,24). The van der Waals surface area contributed by atoms with Crippen LogP contribution in [-0.2, 0) is 20.9 Å². The van der Waals surface area contributed by atoms with Crippen LogP contribution >= 0.6 is 15.9 Å². The minimum absolute atomic E-state index is 0.0423. The summed E-state index contributed by atoms with van der Waals surface area (Å²) in [7, 11) is 0. The Kier molecular flexibility index (Phi) is 5.70. The SMILES string of the molecule is CC(C)(C)OC(=O)CCC(C(N)=O)N1Cc2c(cc(F)c(F)c2Br)C1=O. The molecule has 0 spiro atoms. The number of nitrogens with zero attached hydrogens (tertiary/aromatic N) is 1. The number of ether oxygens (including phenoxy) is 1. The molecule has 6 nitrogen and oxygen atoms in total. The summed E-state index contributed by atoms with van der Waals surface area (Å²) >= 11 is 2.93. The van der Waals surface area contributed by atoms with E-state index in [0.29, 0.717) is 0 Å². The van der Waals surface area contributed by atoms with E-state index in [-0.39, 0.29) is 35.0 Å². The Bertz CT molecular complexity index is 777. The molecule has 0 aliphatic carbocycles. The number of amides is 2. The van der Waals surface area contributed by atoms with Gasteiger partial charge in [-0.25, -0.2) is 8.78 Å². The molecule has 2 rings (SSSR count). The summed E-state index contributed by atoms with van der Waals surface area (Å²) in [6.45, 7) is 5.00. The number of carbonyl (C=O) groups is 3. The lowest BCUT2D eigenvalue weighted by Gasteiger charge is -2.25. The summed E-state index contributed by atoms with van der Waals surface area (Å²) in [6.07, 6.45) is -0.179. The van der Waals surface area contributed by atoms with E-state index in [4.69, 9.17) is 10.5 Å². The third-order valence-electron chi connectivity index (χ3n) is 3.83. The molecule has 1 aromatic rings. The maximum absolute atomic E-state index is 13.7. The molecule has 142 valence electrons. The lowest BCUT2D eigenvalue weighted by Crippen LogP contribution is -2.45. The van der Waals surface area contributed by atoms with Crippen molar-refractivity contribution in [2.24, 2.45) is 5.73 Å². The zero-order chi connectivity index (χ0) is 19.8. The molecule has 0 radical (unpaired) electrons. The highest BCUT2D eigenvalue weighted by molar-refractivity contribution is 9.10. The van der Waals surface area contributed by atoms with E-state index in [0.717, 1.165) is 11.0 Å². The molecule has 1 atom stereocenters. The van der Waals surface area contributed by atoms with Crippen LogP contribution in [0.4, 0.5) is 8.78 Å². The Morgan fingerprint density at radius 3 is 2.54 bits per heavy atom. The summed E-state index contributed by atoms with van der Waals surface area (Å²) in [5, 5.41) is 0. The van der Waals surface area contributed by atoms with Crippen LogP contribution in [0.5, 0.6) is 0 Å². The number of esters is 1. The molecule has 1 aromatic carbocycles. The first-order chi connectivity index (χ1) is 11.9. The average Bonchev–Trinajstić information content (AvgIpc) is 2.81. The predicted octanol–water partition coefficient (Wildman–Crippen LogP) is 2.66. The fourth-order valence-electron chi connectivity index (χ4n) is 2.73. The molecular formula is C17H19BrF2N2O4. The molecule has 1 aliphatic rings. The number of hydrogen-bond donors (Lipinski definition) is 1. The van der Waals surface area contributed by atoms with Crippen molar-refractivity contribution in [3.8, 4) is 0 Å². The third kappa shape index (κ3) is 4.20. The summed E-state index contributed by atoms with van der Waals surface area (Å²) < 4.78 is 32.3. The number of fused-ring (bicyclic) bond motifs is 1. The molecule has 0 fully saturated rings. The van der Waals surface area contributed by atoms with Crippen molar-refractivity contribution in [3.05, 3.63) is 33.3 Å². The zero-order valence-corrected chi connectivity index (χ0v) is 16.2. The quantitative estimate of drug-likeness (QED) is 0.571. The summed E-state index contributed by atoms with van der Waals surface area (Å²) in [6, 6.07) is -0.301. The summed E-state index contributed by atoms with van der Waals surface area (Å²) in [5.41, 5.74) is 4.89. The summed E-state index contributed by atoms with van der Waals surface area (Å²) in [5.74, 6) is -4.27. The fourth-order valence-corrected chi connectivity index (χ4v) is 3.25. The number of primary amides is 1. The first kappa shape index (κ1) is 20.3. The lowest BCUT2D eigenvalue weighted by molar-refractivity contribution is -0.155. The number of benzene rings is 1. The van der Waals surface area contributed by atoms with Gasteiger partial charge >= 0.3 is 5.97 Å². The van der Waals surface area contributed by atoms with Crippen LogP contribution in [-0.4, -0.2) is 34.3 Å². The van der Waals surface area contributed by atoms with Gasteiger partial charge in [-0.15, -0.1) is 0 Å². The van der Waals surface area contributed by atoms with Gasteiger partial charge in [0.2, 0.25) is 5.91 Å². The molecule has 2 N–H and O–H groups in total. The van der Waals surface area contributed by atoms with E-state index in [1.165, 1.54) is 0 Å². The molecule has 0 saturated heterocycles. The Hall–Kier alpha value is -2.03. The van der Waals surface area contributed by atoms with Gasteiger partial charge < -0.3 is 15.4 Å². The fraction of sp³-hybridized carbons (Fsp3) is 0.471. The van der Waals surface area contributed by atoms with E-state index in [2.05, 4.69) is 15.9 Å². The molecule has 1 unspecified atom stereocenters. The van der Waals surface area contributed by atoms with Crippen LogP contribution in [0.25, 0.3) is 0 Å². The van der Waals surface area contributed by atoms with Crippen molar-refractivity contribution in [2.75, 3.05) is 0 Å². The minimum atomic E-state index is -1.17. The maximum atomic E-state index is 13.7. The van der Waals surface area contributed by atoms with Crippen LogP contribution in [0.3, 0.4) is 0 Å². The lowest BCUT2D eigenvalue weighted by atomic mass is 10.1. The highest BCUT2D eigenvalue weighted by atomic mass is 79.9. The highest BCUT2D eigenvalue weighted by Gasteiger charge is 2.38. The van der Waals surface area contributed by atoms with Gasteiger partial charge in [0.15, 0.2) is 11.6 Å². The topological polar surface area (TPSA) is 89.7 Å². The Morgan fingerprint density at radius 1 is 1.38 bits per heavy atom. The van der Waals surface area contributed by atoms with Gasteiger partial charge in [-0.1, -0.05) is 0 Å².